The second-order valence-electron chi connectivity index (χ2n) is 5.19. The van der Waals surface area contributed by atoms with Gasteiger partial charge in [0, 0.05) is 0 Å². The molecule has 0 aliphatic rings. The van der Waals surface area contributed by atoms with Crippen LogP contribution < -0.4 is 47.8 Å². The third-order valence-corrected chi connectivity index (χ3v) is 3.81. The first-order valence-electron chi connectivity index (χ1n) is 7.39. The van der Waals surface area contributed by atoms with Crippen molar-refractivity contribution in [2.45, 2.75) is 5.60 Å². The van der Waals surface area contributed by atoms with Gasteiger partial charge in [-0.15, -0.1) is 0 Å². The van der Waals surface area contributed by atoms with Gasteiger partial charge in [0.25, 0.3) is 0 Å². The molecule has 0 aromatic heterocycles. The quantitative estimate of drug-likeness (QED) is 0.354. The smallest absolute Gasteiger partial charge is 0.871 e. The number of benzene rings is 3. The van der Waals surface area contributed by atoms with Gasteiger partial charge in [0.15, 0.2) is 0 Å². The molecule has 0 amide bonds. The average molecular weight is 316 g/mol. The molecule has 6 heteroatoms. The topological polar surface area (TPSA) is 55.3 Å². The van der Waals surface area contributed by atoms with Crippen molar-refractivity contribution in [2.24, 2.45) is 0 Å². The molecule has 3 rings (SSSR count). The maximum atomic E-state index is 11.5. The van der Waals surface area contributed by atoms with E-state index in [9.17, 15) is 10.0 Å². The van der Waals surface area contributed by atoms with Crippen LogP contribution in [0.3, 0.4) is 0 Å². The first-order chi connectivity index (χ1) is 11.2. The zero-order valence-electron chi connectivity index (χ0n) is 14.5. The first kappa shape index (κ1) is 21.8. The van der Waals surface area contributed by atoms with Crippen molar-refractivity contribution in [2.75, 3.05) is 0 Å². The number of hydrogen-bond acceptors (Lipinski definition) is 3. The molecular formula is C19H15BLi2O3. The number of hydrogen-bond donors (Lipinski definition) is 0. The molecule has 114 valence electrons. The van der Waals surface area contributed by atoms with Gasteiger partial charge in [-0.2, -0.15) is 0 Å². The average Bonchev–Trinajstić information content (AvgIpc) is 2.62. The van der Waals surface area contributed by atoms with Crippen molar-refractivity contribution in [3.8, 4) is 0 Å². The molecular weight excluding hydrogens is 301 g/mol. The van der Waals surface area contributed by atoms with Crippen molar-refractivity contribution >= 4 is 7.32 Å². The third-order valence-electron chi connectivity index (χ3n) is 3.81. The van der Waals surface area contributed by atoms with Crippen LogP contribution in [0.15, 0.2) is 91.0 Å². The molecule has 0 aliphatic heterocycles. The fourth-order valence-corrected chi connectivity index (χ4v) is 2.87. The predicted octanol–water partition coefficient (Wildman–Crippen LogP) is -4.29. The Hall–Kier alpha value is -1.20. The summed E-state index contributed by atoms with van der Waals surface area (Å²) >= 11 is 0. The van der Waals surface area contributed by atoms with E-state index in [0.29, 0.717) is 0 Å². The largest absolute Gasteiger partial charge is 1.00 e. The van der Waals surface area contributed by atoms with Crippen LogP contribution in [-0.4, -0.2) is 7.32 Å². The first-order valence-corrected chi connectivity index (χ1v) is 7.39. The summed E-state index contributed by atoms with van der Waals surface area (Å²) in [6, 6.07) is 28.0. The monoisotopic (exact) mass is 316 g/mol. The van der Waals surface area contributed by atoms with Crippen molar-refractivity contribution < 1.29 is 52.4 Å². The van der Waals surface area contributed by atoms with Gasteiger partial charge in [-0.1, -0.05) is 91.0 Å². The van der Waals surface area contributed by atoms with E-state index >= 15 is 0 Å². The Bertz CT molecular complexity index is 644. The van der Waals surface area contributed by atoms with Gasteiger partial charge in [-0.25, -0.2) is 0 Å². The summed E-state index contributed by atoms with van der Waals surface area (Å²) in [5.41, 5.74) is 1.01. The molecule has 0 atom stereocenters. The van der Waals surface area contributed by atoms with Gasteiger partial charge in [-0.05, 0) is 16.7 Å². The fourth-order valence-electron chi connectivity index (χ4n) is 2.87. The van der Waals surface area contributed by atoms with Crippen LogP contribution in [0.1, 0.15) is 16.7 Å². The van der Waals surface area contributed by atoms with Crippen LogP contribution in [0.2, 0.25) is 0 Å². The van der Waals surface area contributed by atoms with E-state index in [4.69, 9.17) is 4.65 Å². The molecule has 0 spiro atoms. The Labute approximate surface area is 172 Å². The molecule has 3 nitrogen and oxygen atoms in total. The molecule has 0 saturated heterocycles. The van der Waals surface area contributed by atoms with E-state index in [0.717, 1.165) is 16.7 Å². The predicted molar refractivity (Wildman–Crippen MR) is 86.0 cm³/mol. The van der Waals surface area contributed by atoms with E-state index in [1.165, 1.54) is 0 Å². The zero-order chi connectivity index (χ0) is 16.1. The molecule has 0 saturated carbocycles. The zero-order valence-corrected chi connectivity index (χ0v) is 14.5. The van der Waals surface area contributed by atoms with Gasteiger partial charge in [0.05, 0.1) is 7.32 Å². The summed E-state index contributed by atoms with van der Waals surface area (Å²) in [5, 5.41) is 23.0. The second kappa shape index (κ2) is 10.1. The van der Waals surface area contributed by atoms with Crippen LogP contribution in [0.4, 0.5) is 0 Å². The minimum Gasteiger partial charge on any atom is -0.871 e. The van der Waals surface area contributed by atoms with Gasteiger partial charge >= 0.3 is 37.7 Å². The SMILES string of the molecule is [Li+].[Li+].[O-]B([O-])OC(c1ccccc1)(c1ccccc1)c1ccccc1. The maximum absolute atomic E-state index is 11.5. The molecule has 0 bridgehead atoms. The van der Waals surface area contributed by atoms with Crippen LogP contribution in [0.5, 0.6) is 0 Å². The molecule has 0 fully saturated rings. The van der Waals surface area contributed by atoms with E-state index in [-0.39, 0.29) is 37.7 Å². The normalized spacial score (nSPS) is 10.3. The van der Waals surface area contributed by atoms with Gasteiger partial charge < -0.3 is 14.7 Å². The van der Waals surface area contributed by atoms with Gasteiger partial charge in [0.1, 0.15) is 5.60 Å². The minimum absolute atomic E-state index is 0. The Kier molecular flexibility index (Phi) is 8.80. The van der Waals surface area contributed by atoms with E-state index in [1.807, 2.05) is 91.0 Å². The van der Waals surface area contributed by atoms with E-state index < -0.39 is 12.9 Å². The maximum Gasteiger partial charge on any atom is 1.00 e. The summed E-state index contributed by atoms with van der Waals surface area (Å²) in [7, 11) is -2.41. The van der Waals surface area contributed by atoms with Crippen molar-refractivity contribution in [1.29, 1.82) is 0 Å². The Morgan fingerprint density at radius 2 is 0.840 bits per heavy atom. The molecule has 0 radical (unpaired) electrons. The Morgan fingerprint density at radius 3 is 1.08 bits per heavy atom. The van der Waals surface area contributed by atoms with Crippen LogP contribution in [0.25, 0.3) is 0 Å². The standard InChI is InChI=1S/C19H15BO3.2Li/c21-20(22)23-19(16-10-4-1-5-11-16,17-12-6-2-7-13-17)18-14-8-3-9-15-18;;/h1-15H;;/q-2;2*+1. The fraction of sp³-hybridized carbons (Fsp3) is 0.0526. The van der Waals surface area contributed by atoms with E-state index in [2.05, 4.69) is 0 Å². The van der Waals surface area contributed by atoms with Crippen LogP contribution in [0, 0.1) is 0 Å². The molecule has 3 aromatic carbocycles. The second-order valence-corrected chi connectivity index (χ2v) is 5.19. The van der Waals surface area contributed by atoms with Crippen LogP contribution >= 0.6 is 0 Å². The summed E-state index contributed by atoms with van der Waals surface area (Å²) in [6.07, 6.45) is 0. The summed E-state index contributed by atoms with van der Waals surface area (Å²) in [5.74, 6) is 0. The molecule has 0 heterocycles. The molecule has 25 heavy (non-hydrogen) atoms. The molecule has 0 N–H and O–H groups in total. The van der Waals surface area contributed by atoms with Crippen molar-refractivity contribution in [3.63, 3.8) is 0 Å². The van der Waals surface area contributed by atoms with Crippen molar-refractivity contribution in [1.82, 2.24) is 0 Å². The molecule has 0 unspecified atom stereocenters. The summed E-state index contributed by atoms with van der Waals surface area (Å²) in [6.45, 7) is 0. The van der Waals surface area contributed by atoms with E-state index in [1.54, 1.807) is 0 Å². The van der Waals surface area contributed by atoms with Gasteiger partial charge in [-0.3, -0.25) is 0 Å². The van der Waals surface area contributed by atoms with Crippen LogP contribution in [-0.2, 0) is 10.3 Å². The minimum atomic E-state index is -2.41. The van der Waals surface area contributed by atoms with Crippen molar-refractivity contribution in [3.05, 3.63) is 108 Å². The van der Waals surface area contributed by atoms with Gasteiger partial charge in [0.2, 0.25) is 0 Å². The number of rotatable bonds is 5. The Morgan fingerprint density at radius 1 is 0.560 bits per heavy atom. The molecule has 3 aromatic rings. The summed E-state index contributed by atoms with van der Waals surface area (Å²) in [4.78, 5) is 0. The third kappa shape index (κ3) is 4.70. The molecule has 0 aliphatic carbocycles. The Balaban J connectivity index is 0.00000156. The summed E-state index contributed by atoms with van der Waals surface area (Å²) < 4.78 is 5.48.